The van der Waals surface area contributed by atoms with Crippen LogP contribution in [0.4, 0.5) is 0 Å². The van der Waals surface area contributed by atoms with Crippen molar-refractivity contribution in [2.45, 2.75) is 33.6 Å². The lowest BCUT2D eigenvalue weighted by Crippen LogP contribution is -1.91. The Balaban J connectivity index is 0.000000386. The minimum Gasteiger partial charge on any atom is -0.496 e. The van der Waals surface area contributed by atoms with Crippen LogP contribution in [0.15, 0.2) is 12.3 Å². The smallest absolute Gasteiger partial charge is 0.159 e. The molecule has 16 heavy (non-hydrogen) atoms. The van der Waals surface area contributed by atoms with Gasteiger partial charge < -0.3 is 4.74 Å². The van der Waals surface area contributed by atoms with Crippen molar-refractivity contribution < 1.29 is 4.74 Å². The lowest BCUT2D eigenvalue weighted by molar-refractivity contribution is 0.419. The van der Waals surface area contributed by atoms with E-state index in [0.29, 0.717) is 0 Å². The number of rotatable bonds is 2. The Hall–Kier alpha value is -1.58. The van der Waals surface area contributed by atoms with Gasteiger partial charge in [0.1, 0.15) is 5.75 Å². The van der Waals surface area contributed by atoms with Crippen LogP contribution in [-0.4, -0.2) is 22.3 Å². The number of aromatic nitrogens is 3. The van der Waals surface area contributed by atoms with Crippen LogP contribution in [0, 0.1) is 0 Å². The Bertz CT molecular complexity index is 437. The second kappa shape index (κ2) is 6.10. The van der Waals surface area contributed by atoms with Crippen molar-refractivity contribution in [2.75, 3.05) is 7.11 Å². The highest BCUT2D eigenvalue weighted by Gasteiger charge is 2.06. The first-order chi connectivity index (χ1) is 7.76. The molecule has 0 aromatic carbocycles. The van der Waals surface area contributed by atoms with Gasteiger partial charge in [-0.15, -0.1) is 0 Å². The second-order valence-electron chi connectivity index (χ2n) is 3.51. The molecule has 0 unspecified atom stereocenters. The van der Waals surface area contributed by atoms with Crippen LogP contribution in [0.5, 0.6) is 5.75 Å². The van der Waals surface area contributed by atoms with E-state index in [1.54, 1.807) is 13.3 Å². The van der Waals surface area contributed by atoms with E-state index in [0.717, 1.165) is 28.9 Å². The summed E-state index contributed by atoms with van der Waals surface area (Å²) in [4.78, 5) is 4.36. The van der Waals surface area contributed by atoms with Gasteiger partial charge in [0.15, 0.2) is 5.65 Å². The number of pyridine rings is 1. The minimum atomic E-state index is 0.788. The summed E-state index contributed by atoms with van der Waals surface area (Å²) in [7, 11) is 1.65. The molecule has 1 N–H and O–H groups in total. The standard InChI is InChI=1S/C9H11N3O.C3H8/c1-3-6-4-8(13-2)7-5-10-12-9(7)11-6;1-3-2/h4-5H,3H2,1-2H3,(H,10,11,12);3H2,1-2H3. The van der Waals surface area contributed by atoms with Crippen molar-refractivity contribution in [2.24, 2.45) is 0 Å². The van der Waals surface area contributed by atoms with Crippen molar-refractivity contribution in [1.82, 2.24) is 15.2 Å². The van der Waals surface area contributed by atoms with E-state index >= 15 is 0 Å². The molecule has 4 nitrogen and oxygen atoms in total. The number of methoxy groups -OCH3 is 1. The SMILES string of the molecule is CCC.CCc1cc(OC)c2cn[nH]c2n1. The molecule has 0 aliphatic heterocycles. The predicted molar refractivity (Wildman–Crippen MR) is 65.8 cm³/mol. The van der Waals surface area contributed by atoms with E-state index in [2.05, 4.69) is 36.0 Å². The van der Waals surface area contributed by atoms with Gasteiger partial charge in [-0.1, -0.05) is 27.2 Å². The average Bonchev–Trinajstić information content (AvgIpc) is 2.76. The van der Waals surface area contributed by atoms with E-state index in [1.165, 1.54) is 6.42 Å². The number of H-pyrrole nitrogens is 1. The summed E-state index contributed by atoms with van der Waals surface area (Å²) in [5, 5.41) is 7.68. The van der Waals surface area contributed by atoms with Crippen LogP contribution < -0.4 is 4.74 Å². The third-order valence-electron chi connectivity index (χ3n) is 2.02. The van der Waals surface area contributed by atoms with Gasteiger partial charge in [-0.05, 0) is 6.42 Å². The first kappa shape index (κ1) is 12.5. The molecule has 0 atom stereocenters. The van der Waals surface area contributed by atoms with Gasteiger partial charge in [0.05, 0.1) is 18.7 Å². The average molecular weight is 221 g/mol. The zero-order valence-electron chi connectivity index (χ0n) is 10.4. The third-order valence-corrected chi connectivity index (χ3v) is 2.02. The van der Waals surface area contributed by atoms with E-state index in [-0.39, 0.29) is 0 Å². The van der Waals surface area contributed by atoms with Gasteiger partial charge >= 0.3 is 0 Å². The molecule has 88 valence electrons. The molecular formula is C12H19N3O. The largest absolute Gasteiger partial charge is 0.496 e. The third kappa shape index (κ3) is 2.72. The van der Waals surface area contributed by atoms with Gasteiger partial charge in [0.2, 0.25) is 0 Å². The van der Waals surface area contributed by atoms with Gasteiger partial charge in [0, 0.05) is 11.8 Å². The lowest BCUT2D eigenvalue weighted by Gasteiger charge is -2.02. The summed E-state index contributed by atoms with van der Waals surface area (Å²) in [6.45, 7) is 6.31. The highest BCUT2D eigenvalue weighted by atomic mass is 16.5. The Labute approximate surface area is 96.0 Å². The lowest BCUT2D eigenvalue weighted by atomic mass is 10.2. The molecule has 2 heterocycles. The molecule has 4 heteroatoms. The van der Waals surface area contributed by atoms with Crippen molar-refractivity contribution in [1.29, 1.82) is 0 Å². The summed E-state index contributed by atoms with van der Waals surface area (Å²) in [5.74, 6) is 0.829. The van der Waals surface area contributed by atoms with Crippen LogP contribution in [0.2, 0.25) is 0 Å². The van der Waals surface area contributed by atoms with Gasteiger partial charge in [0.25, 0.3) is 0 Å². The Morgan fingerprint density at radius 2 is 2.00 bits per heavy atom. The molecule has 0 bridgehead atoms. The number of hydrogen-bond donors (Lipinski definition) is 1. The highest BCUT2D eigenvalue weighted by Crippen LogP contribution is 2.23. The Morgan fingerprint density at radius 3 is 2.56 bits per heavy atom. The fraction of sp³-hybridized carbons (Fsp3) is 0.500. The maximum Gasteiger partial charge on any atom is 0.159 e. The molecule has 0 spiro atoms. The number of aryl methyl sites for hydroxylation is 1. The van der Waals surface area contributed by atoms with Crippen LogP contribution >= 0.6 is 0 Å². The van der Waals surface area contributed by atoms with Gasteiger partial charge in [-0.25, -0.2) is 4.98 Å². The van der Waals surface area contributed by atoms with Crippen LogP contribution in [0.25, 0.3) is 11.0 Å². The molecule has 0 aliphatic carbocycles. The normalized spacial score (nSPS) is 9.75. The number of hydrogen-bond acceptors (Lipinski definition) is 3. The van der Waals surface area contributed by atoms with Crippen LogP contribution in [0.3, 0.4) is 0 Å². The quantitative estimate of drug-likeness (QED) is 0.848. The maximum atomic E-state index is 5.23. The second-order valence-corrected chi connectivity index (χ2v) is 3.51. The topological polar surface area (TPSA) is 50.8 Å². The molecule has 0 saturated carbocycles. The first-order valence-corrected chi connectivity index (χ1v) is 5.63. The van der Waals surface area contributed by atoms with E-state index in [4.69, 9.17) is 4.74 Å². The van der Waals surface area contributed by atoms with Gasteiger partial charge in [-0.2, -0.15) is 5.10 Å². The van der Waals surface area contributed by atoms with Crippen LogP contribution in [-0.2, 0) is 6.42 Å². The fourth-order valence-corrected chi connectivity index (χ4v) is 1.30. The Kier molecular flexibility index (Phi) is 4.76. The van der Waals surface area contributed by atoms with Crippen molar-refractivity contribution in [3.63, 3.8) is 0 Å². The molecule has 2 aromatic rings. The van der Waals surface area contributed by atoms with E-state index < -0.39 is 0 Å². The molecule has 2 rings (SSSR count). The van der Waals surface area contributed by atoms with E-state index in [1.807, 2.05) is 6.07 Å². The number of fused-ring (bicyclic) bond motifs is 1. The van der Waals surface area contributed by atoms with E-state index in [9.17, 15) is 0 Å². The summed E-state index contributed by atoms with van der Waals surface area (Å²) < 4.78 is 5.23. The molecule has 0 saturated heterocycles. The fourth-order valence-electron chi connectivity index (χ4n) is 1.30. The summed E-state index contributed by atoms with van der Waals surface area (Å²) >= 11 is 0. The number of ether oxygens (including phenoxy) is 1. The summed E-state index contributed by atoms with van der Waals surface area (Å²) in [6, 6.07) is 1.94. The number of nitrogens with one attached hydrogen (secondary N) is 1. The molecule has 0 radical (unpaired) electrons. The molecule has 0 aliphatic rings. The molecule has 2 aromatic heterocycles. The monoisotopic (exact) mass is 221 g/mol. The van der Waals surface area contributed by atoms with Crippen LogP contribution in [0.1, 0.15) is 32.9 Å². The van der Waals surface area contributed by atoms with Crippen molar-refractivity contribution in [3.8, 4) is 5.75 Å². The van der Waals surface area contributed by atoms with Gasteiger partial charge in [-0.3, -0.25) is 5.10 Å². The zero-order chi connectivity index (χ0) is 12.0. The minimum absolute atomic E-state index is 0.788. The molecular weight excluding hydrogens is 202 g/mol. The molecule has 0 fully saturated rings. The Morgan fingerprint density at radius 1 is 1.31 bits per heavy atom. The highest BCUT2D eigenvalue weighted by molar-refractivity contribution is 5.81. The number of nitrogens with zero attached hydrogens (tertiary/aromatic N) is 2. The summed E-state index contributed by atoms with van der Waals surface area (Å²) in [6.07, 6.45) is 3.87. The van der Waals surface area contributed by atoms with Crippen molar-refractivity contribution >= 4 is 11.0 Å². The maximum absolute atomic E-state index is 5.23. The zero-order valence-corrected chi connectivity index (χ0v) is 10.4. The summed E-state index contributed by atoms with van der Waals surface area (Å²) in [5.41, 5.74) is 1.80. The predicted octanol–water partition coefficient (Wildman–Crippen LogP) is 2.95. The number of aromatic amines is 1. The molecule has 0 amide bonds. The first-order valence-electron chi connectivity index (χ1n) is 5.63. The van der Waals surface area contributed by atoms with Crippen molar-refractivity contribution in [3.05, 3.63) is 18.0 Å².